The third kappa shape index (κ3) is 8.07. The monoisotopic (exact) mass is 569 g/mol. The fraction of sp³-hybridized carbons (Fsp3) is 0.579. The number of rotatable bonds is 8. The molecule has 0 spiro atoms. The summed E-state index contributed by atoms with van der Waals surface area (Å²) >= 11 is 0. The molecule has 3 rings (SSSR count). The van der Waals surface area contributed by atoms with E-state index in [1.54, 1.807) is 13.2 Å². The lowest BCUT2D eigenvalue weighted by Crippen LogP contribution is -2.47. The van der Waals surface area contributed by atoms with E-state index in [9.17, 15) is 13.2 Å². The summed E-state index contributed by atoms with van der Waals surface area (Å²) in [6.07, 6.45) is -1.34. The second kappa shape index (κ2) is 12.2. The van der Waals surface area contributed by atoms with Gasteiger partial charge in [0, 0.05) is 38.4 Å². The van der Waals surface area contributed by atoms with Gasteiger partial charge in [-0.1, -0.05) is 0 Å². The number of aromatic nitrogens is 4. The molecule has 0 radical (unpaired) electrons. The number of alkyl halides is 3. The van der Waals surface area contributed by atoms with Gasteiger partial charge in [-0.3, -0.25) is 0 Å². The third-order valence-electron chi connectivity index (χ3n) is 4.46. The first-order chi connectivity index (χ1) is 14.9. The van der Waals surface area contributed by atoms with E-state index in [1.165, 1.54) is 12.3 Å². The summed E-state index contributed by atoms with van der Waals surface area (Å²) in [6, 6.07) is 3.26. The van der Waals surface area contributed by atoms with E-state index >= 15 is 0 Å². The van der Waals surface area contributed by atoms with Crippen LogP contribution in [0.1, 0.15) is 30.6 Å². The smallest absolute Gasteiger partial charge is 0.422 e. The molecule has 0 saturated heterocycles. The van der Waals surface area contributed by atoms with Crippen molar-refractivity contribution in [3.05, 3.63) is 35.5 Å². The molecule has 0 fully saturated rings. The quantitative estimate of drug-likeness (QED) is 0.287. The average molecular weight is 569 g/mol. The van der Waals surface area contributed by atoms with Crippen molar-refractivity contribution >= 4 is 29.9 Å². The molecule has 0 amide bonds. The van der Waals surface area contributed by atoms with Gasteiger partial charge in [0.05, 0.1) is 13.1 Å². The molecule has 3 heterocycles. The zero-order valence-electron chi connectivity index (χ0n) is 17.9. The summed E-state index contributed by atoms with van der Waals surface area (Å²) in [6.45, 7) is 2.54. The van der Waals surface area contributed by atoms with E-state index in [4.69, 9.17) is 9.47 Å². The molecule has 2 N–H and O–H groups in total. The Morgan fingerprint density at radius 2 is 2.19 bits per heavy atom. The van der Waals surface area contributed by atoms with Crippen molar-refractivity contribution in [3.8, 4) is 5.88 Å². The maximum atomic E-state index is 12.3. The molecule has 178 valence electrons. The van der Waals surface area contributed by atoms with Crippen LogP contribution in [0.4, 0.5) is 13.2 Å². The van der Waals surface area contributed by atoms with Crippen molar-refractivity contribution in [2.24, 2.45) is 4.99 Å². The van der Waals surface area contributed by atoms with Gasteiger partial charge in [0.15, 0.2) is 18.4 Å². The van der Waals surface area contributed by atoms with Crippen molar-refractivity contribution in [2.45, 2.75) is 51.7 Å². The SMILES string of the molecule is CCNC(=NCc1ccnc(OCC(F)(F)F)c1)NC1CCc2nc(COC)nn2C1.I. The highest BCUT2D eigenvalue weighted by Gasteiger charge is 2.28. The normalized spacial score (nSPS) is 16.2. The molecule has 0 aliphatic carbocycles. The average Bonchev–Trinajstić information content (AvgIpc) is 3.12. The first-order valence-corrected chi connectivity index (χ1v) is 9.97. The van der Waals surface area contributed by atoms with Crippen molar-refractivity contribution in [1.82, 2.24) is 30.4 Å². The Hall–Kier alpha value is -2.16. The number of fused-ring (bicyclic) bond motifs is 1. The number of nitrogens with zero attached hydrogens (tertiary/aromatic N) is 5. The van der Waals surface area contributed by atoms with Gasteiger partial charge in [-0.25, -0.2) is 19.6 Å². The molecule has 0 bridgehead atoms. The van der Waals surface area contributed by atoms with E-state index in [2.05, 4.69) is 30.7 Å². The van der Waals surface area contributed by atoms with Crippen LogP contribution < -0.4 is 15.4 Å². The van der Waals surface area contributed by atoms with Crippen molar-refractivity contribution in [2.75, 3.05) is 20.3 Å². The van der Waals surface area contributed by atoms with Crippen LogP contribution in [0.3, 0.4) is 0 Å². The third-order valence-corrected chi connectivity index (χ3v) is 4.46. The summed E-state index contributed by atoms with van der Waals surface area (Å²) in [5.74, 6) is 2.14. The molecule has 1 unspecified atom stereocenters. The lowest BCUT2D eigenvalue weighted by atomic mass is 10.1. The number of aliphatic imine (C=N–C) groups is 1. The standard InChI is InChI=1S/C19H26F3N7O2.HI/c1-3-23-18(25-9-13-6-7-24-17(8-13)31-12-19(20,21)22)26-14-4-5-16-27-15(11-30-2)28-29(16)10-14;/h6-8,14H,3-5,9-12H2,1-2H3,(H2,23,25,26);1H. The summed E-state index contributed by atoms with van der Waals surface area (Å²) in [5.41, 5.74) is 0.691. The van der Waals surface area contributed by atoms with Crippen LogP contribution in [-0.2, 0) is 30.9 Å². The summed E-state index contributed by atoms with van der Waals surface area (Å²) < 4.78 is 48.7. The Bertz CT molecular complexity index is 892. The van der Waals surface area contributed by atoms with E-state index in [1.807, 2.05) is 11.6 Å². The number of ether oxygens (including phenoxy) is 2. The summed E-state index contributed by atoms with van der Waals surface area (Å²) in [7, 11) is 1.61. The molecule has 32 heavy (non-hydrogen) atoms. The van der Waals surface area contributed by atoms with Gasteiger partial charge in [-0.2, -0.15) is 18.3 Å². The minimum Gasteiger partial charge on any atom is -0.468 e. The Labute approximate surface area is 201 Å². The van der Waals surface area contributed by atoms with Crippen LogP contribution in [0, 0.1) is 0 Å². The van der Waals surface area contributed by atoms with Gasteiger partial charge >= 0.3 is 6.18 Å². The van der Waals surface area contributed by atoms with Crippen LogP contribution in [0.25, 0.3) is 0 Å². The number of nitrogens with one attached hydrogen (secondary N) is 2. The highest BCUT2D eigenvalue weighted by atomic mass is 127. The molecule has 9 nitrogen and oxygen atoms in total. The number of pyridine rings is 1. The summed E-state index contributed by atoms with van der Waals surface area (Å²) in [5, 5.41) is 11.0. The summed E-state index contributed by atoms with van der Waals surface area (Å²) in [4.78, 5) is 12.8. The molecule has 0 aromatic carbocycles. The second-order valence-electron chi connectivity index (χ2n) is 7.04. The van der Waals surface area contributed by atoms with Crippen LogP contribution in [0.2, 0.25) is 0 Å². The zero-order chi connectivity index (χ0) is 22.3. The van der Waals surface area contributed by atoms with Crippen LogP contribution in [-0.4, -0.2) is 58.2 Å². The Morgan fingerprint density at radius 3 is 2.91 bits per heavy atom. The van der Waals surface area contributed by atoms with Gasteiger partial charge in [-0.05, 0) is 25.0 Å². The molecular formula is C19H27F3IN7O2. The lowest BCUT2D eigenvalue weighted by molar-refractivity contribution is -0.154. The van der Waals surface area contributed by atoms with Gasteiger partial charge in [0.2, 0.25) is 5.88 Å². The molecule has 1 aliphatic rings. The van der Waals surface area contributed by atoms with E-state index in [0.29, 0.717) is 37.0 Å². The Kier molecular flexibility index (Phi) is 9.93. The molecule has 13 heteroatoms. The maximum Gasteiger partial charge on any atom is 0.422 e. The number of hydrogen-bond donors (Lipinski definition) is 2. The van der Waals surface area contributed by atoms with E-state index in [0.717, 1.165) is 18.7 Å². The molecule has 0 saturated carbocycles. The van der Waals surface area contributed by atoms with Crippen molar-refractivity contribution < 1.29 is 22.6 Å². The van der Waals surface area contributed by atoms with Gasteiger partial charge in [0.25, 0.3) is 0 Å². The van der Waals surface area contributed by atoms with Crippen molar-refractivity contribution in [1.29, 1.82) is 0 Å². The van der Waals surface area contributed by atoms with Crippen molar-refractivity contribution in [3.63, 3.8) is 0 Å². The second-order valence-corrected chi connectivity index (χ2v) is 7.04. The predicted octanol–water partition coefficient (Wildman–Crippen LogP) is 2.45. The molecule has 2 aromatic heterocycles. The number of guanidine groups is 1. The molecule has 2 aromatic rings. The van der Waals surface area contributed by atoms with Crippen LogP contribution in [0.5, 0.6) is 5.88 Å². The topological polar surface area (TPSA) is 98.5 Å². The lowest BCUT2D eigenvalue weighted by Gasteiger charge is -2.25. The van der Waals surface area contributed by atoms with E-state index < -0.39 is 12.8 Å². The number of methoxy groups -OCH3 is 1. The Morgan fingerprint density at radius 1 is 1.38 bits per heavy atom. The largest absolute Gasteiger partial charge is 0.468 e. The first-order valence-electron chi connectivity index (χ1n) is 9.97. The minimum atomic E-state index is -4.41. The zero-order valence-corrected chi connectivity index (χ0v) is 20.2. The maximum absolute atomic E-state index is 12.3. The number of aryl methyl sites for hydroxylation is 1. The number of halogens is 4. The van der Waals surface area contributed by atoms with Crippen LogP contribution >= 0.6 is 24.0 Å². The van der Waals surface area contributed by atoms with Crippen LogP contribution in [0.15, 0.2) is 23.3 Å². The predicted molar refractivity (Wildman–Crippen MR) is 122 cm³/mol. The number of hydrogen-bond acceptors (Lipinski definition) is 6. The van der Waals surface area contributed by atoms with Gasteiger partial charge in [-0.15, -0.1) is 24.0 Å². The van der Waals surface area contributed by atoms with Gasteiger partial charge in [0.1, 0.15) is 12.4 Å². The van der Waals surface area contributed by atoms with E-state index in [-0.39, 0.29) is 42.4 Å². The fourth-order valence-electron chi connectivity index (χ4n) is 3.14. The first kappa shape index (κ1) is 26.1. The molecule has 1 aliphatic heterocycles. The van der Waals surface area contributed by atoms with Gasteiger partial charge < -0.3 is 20.1 Å². The molecular weight excluding hydrogens is 542 g/mol. The highest BCUT2D eigenvalue weighted by Crippen LogP contribution is 2.18. The molecule has 1 atom stereocenters. The highest BCUT2D eigenvalue weighted by molar-refractivity contribution is 14.0. The minimum absolute atomic E-state index is 0. The Balaban J connectivity index is 0.00000363. The fourth-order valence-corrected chi connectivity index (χ4v) is 3.14.